The van der Waals surface area contributed by atoms with Gasteiger partial charge in [0.2, 0.25) is 10.0 Å². The maximum absolute atomic E-state index is 11.4. The maximum Gasteiger partial charge on any atom is 0.238 e. The van der Waals surface area contributed by atoms with Crippen molar-refractivity contribution in [2.45, 2.75) is 30.7 Å². The topological polar surface area (TPSA) is 72.2 Å². The molecule has 1 aromatic rings. The van der Waals surface area contributed by atoms with Crippen molar-refractivity contribution < 1.29 is 8.42 Å². The van der Waals surface area contributed by atoms with Crippen molar-refractivity contribution in [2.24, 2.45) is 5.14 Å². The molecule has 2 atom stereocenters. The molecule has 0 aliphatic heterocycles. The van der Waals surface area contributed by atoms with E-state index in [2.05, 4.69) is 5.32 Å². The number of sulfonamides is 1. The molecule has 0 fully saturated rings. The molecule has 0 amide bonds. The molecule has 0 saturated heterocycles. The van der Waals surface area contributed by atoms with Crippen molar-refractivity contribution in [3.05, 3.63) is 29.8 Å². The fraction of sp³-hybridized carbons (Fsp3) is 0.455. The zero-order valence-corrected chi connectivity index (χ0v) is 10.6. The van der Waals surface area contributed by atoms with Gasteiger partial charge in [0.1, 0.15) is 0 Å². The van der Waals surface area contributed by atoms with Crippen LogP contribution in [0.3, 0.4) is 0 Å². The number of hydrogen-bond donors (Lipinski definition) is 2. The molecule has 0 bridgehead atoms. The Kier molecular flexibility index (Phi) is 4.07. The Morgan fingerprint density at radius 1 is 1.25 bits per heavy atom. The third kappa shape index (κ3) is 2.81. The summed E-state index contributed by atoms with van der Waals surface area (Å²) in [7, 11) is -1.80. The molecular formula is C11H18N2O2S. The second kappa shape index (κ2) is 4.95. The third-order valence-corrected chi connectivity index (χ3v) is 3.91. The first-order valence-corrected chi connectivity index (χ1v) is 6.71. The zero-order chi connectivity index (χ0) is 12.3. The monoisotopic (exact) mass is 242 g/mol. The minimum Gasteiger partial charge on any atom is -0.317 e. The van der Waals surface area contributed by atoms with Crippen LogP contribution in [-0.2, 0) is 10.0 Å². The number of likely N-dealkylation sites (N-methyl/N-ethyl adjacent to an activating group) is 1. The predicted octanol–water partition coefficient (Wildman–Crippen LogP) is 1.05. The van der Waals surface area contributed by atoms with Crippen molar-refractivity contribution in [1.82, 2.24) is 5.32 Å². The molecule has 0 heterocycles. The third-order valence-electron chi connectivity index (χ3n) is 2.92. The quantitative estimate of drug-likeness (QED) is 0.828. The van der Waals surface area contributed by atoms with Gasteiger partial charge in [-0.2, -0.15) is 0 Å². The van der Waals surface area contributed by atoms with Crippen molar-refractivity contribution in [2.75, 3.05) is 7.05 Å². The Morgan fingerprint density at radius 3 is 2.31 bits per heavy atom. The summed E-state index contributed by atoms with van der Waals surface area (Å²) in [6, 6.07) is 7.04. The number of primary sulfonamides is 1. The fourth-order valence-corrected chi connectivity index (χ4v) is 2.49. The number of nitrogens with two attached hydrogens (primary N) is 1. The molecule has 0 aliphatic rings. The average Bonchev–Trinajstić information content (AvgIpc) is 2.26. The minimum absolute atomic E-state index is 0.0829. The molecule has 90 valence electrons. The van der Waals surface area contributed by atoms with Crippen molar-refractivity contribution in [1.29, 1.82) is 0 Å². The van der Waals surface area contributed by atoms with Gasteiger partial charge in [-0.25, -0.2) is 13.6 Å². The highest BCUT2D eigenvalue weighted by Crippen LogP contribution is 2.25. The lowest BCUT2D eigenvalue weighted by molar-refractivity contribution is 0.516. The van der Waals surface area contributed by atoms with E-state index in [9.17, 15) is 8.42 Å². The number of hydrogen-bond acceptors (Lipinski definition) is 3. The second-order valence-electron chi connectivity index (χ2n) is 3.95. The SMILES string of the molecule is CNC(C)C(C)c1ccccc1S(N)(=O)=O. The largest absolute Gasteiger partial charge is 0.317 e. The first-order valence-electron chi connectivity index (χ1n) is 5.17. The molecule has 0 aromatic heterocycles. The Bertz CT molecular complexity index is 457. The van der Waals surface area contributed by atoms with Gasteiger partial charge in [-0.3, -0.25) is 0 Å². The van der Waals surface area contributed by atoms with Gasteiger partial charge in [-0.15, -0.1) is 0 Å². The molecule has 0 spiro atoms. The van der Waals surface area contributed by atoms with Crippen LogP contribution in [0.25, 0.3) is 0 Å². The summed E-state index contributed by atoms with van der Waals surface area (Å²) in [5, 5.41) is 8.29. The molecule has 3 N–H and O–H groups in total. The van der Waals surface area contributed by atoms with Gasteiger partial charge in [0.25, 0.3) is 0 Å². The van der Waals surface area contributed by atoms with Crippen LogP contribution >= 0.6 is 0 Å². The molecule has 4 nitrogen and oxygen atoms in total. The highest BCUT2D eigenvalue weighted by molar-refractivity contribution is 7.89. The van der Waals surface area contributed by atoms with E-state index >= 15 is 0 Å². The van der Waals surface area contributed by atoms with Gasteiger partial charge in [0.15, 0.2) is 0 Å². The van der Waals surface area contributed by atoms with Gasteiger partial charge in [-0.1, -0.05) is 25.1 Å². The van der Waals surface area contributed by atoms with Crippen LogP contribution in [0.5, 0.6) is 0 Å². The van der Waals surface area contributed by atoms with Gasteiger partial charge >= 0.3 is 0 Å². The first-order chi connectivity index (χ1) is 7.38. The summed E-state index contributed by atoms with van der Waals surface area (Å²) >= 11 is 0. The lowest BCUT2D eigenvalue weighted by Gasteiger charge is -2.21. The minimum atomic E-state index is -3.65. The number of rotatable bonds is 4. The summed E-state index contributed by atoms with van der Waals surface area (Å²) in [5.74, 6) is 0.0829. The van der Waals surface area contributed by atoms with Crippen LogP contribution in [0.4, 0.5) is 0 Å². The number of benzene rings is 1. The second-order valence-corrected chi connectivity index (χ2v) is 5.48. The number of nitrogens with one attached hydrogen (secondary N) is 1. The summed E-state index contributed by atoms with van der Waals surface area (Å²) in [4.78, 5) is 0.213. The summed E-state index contributed by atoms with van der Waals surface area (Å²) in [6.07, 6.45) is 0. The van der Waals surface area contributed by atoms with E-state index in [0.717, 1.165) is 5.56 Å². The van der Waals surface area contributed by atoms with Gasteiger partial charge < -0.3 is 5.32 Å². The lowest BCUT2D eigenvalue weighted by Crippen LogP contribution is -2.28. The van der Waals surface area contributed by atoms with E-state index in [-0.39, 0.29) is 16.9 Å². The van der Waals surface area contributed by atoms with E-state index < -0.39 is 10.0 Å². The molecule has 0 radical (unpaired) electrons. The molecule has 5 heteroatoms. The standard InChI is InChI=1S/C11H18N2O2S/c1-8(9(2)13-3)10-6-4-5-7-11(10)16(12,14)15/h4-9,13H,1-3H3,(H2,12,14,15). The maximum atomic E-state index is 11.4. The summed E-state index contributed by atoms with van der Waals surface area (Å²) in [5.41, 5.74) is 0.756. The molecule has 16 heavy (non-hydrogen) atoms. The molecular weight excluding hydrogens is 224 g/mol. The molecule has 1 rings (SSSR count). The van der Waals surface area contributed by atoms with E-state index in [1.807, 2.05) is 27.0 Å². The lowest BCUT2D eigenvalue weighted by atomic mass is 9.94. The van der Waals surface area contributed by atoms with E-state index in [1.54, 1.807) is 18.2 Å². The van der Waals surface area contributed by atoms with Crippen molar-refractivity contribution >= 4 is 10.0 Å². The van der Waals surface area contributed by atoms with E-state index in [1.165, 1.54) is 0 Å². The highest BCUT2D eigenvalue weighted by atomic mass is 32.2. The van der Waals surface area contributed by atoms with Crippen LogP contribution in [0.15, 0.2) is 29.2 Å². The molecule has 0 saturated carbocycles. The Hall–Kier alpha value is -0.910. The van der Waals surface area contributed by atoms with Gasteiger partial charge in [0, 0.05) is 6.04 Å². The Labute approximate surface area is 96.9 Å². The van der Waals surface area contributed by atoms with Crippen LogP contribution in [0, 0.1) is 0 Å². The van der Waals surface area contributed by atoms with Crippen LogP contribution < -0.4 is 10.5 Å². The summed E-state index contributed by atoms with van der Waals surface area (Å²) in [6.45, 7) is 3.98. The van der Waals surface area contributed by atoms with Gasteiger partial charge in [0.05, 0.1) is 4.90 Å². The van der Waals surface area contributed by atoms with Crippen molar-refractivity contribution in [3.8, 4) is 0 Å². The van der Waals surface area contributed by atoms with Crippen LogP contribution in [-0.4, -0.2) is 21.5 Å². The Balaban J connectivity index is 3.24. The zero-order valence-electron chi connectivity index (χ0n) is 9.77. The van der Waals surface area contributed by atoms with Gasteiger partial charge in [-0.05, 0) is 31.5 Å². The normalized spacial score (nSPS) is 15.8. The van der Waals surface area contributed by atoms with E-state index in [0.29, 0.717) is 0 Å². The van der Waals surface area contributed by atoms with Crippen LogP contribution in [0.2, 0.25) is 0 Å². The summed E-state index contributed by atoms with van der Waals surface area (Å²) < 4.78 is 22.9. The van der Waals surface area contributed by atoms with Crippen molar-refractivity contribution in [3.63, 3.8) is 0 Å². The Morgan fingerprint density at radius 2 is 1.81 bits per heavy atom. The van der Waals surface area contributed by atoms with E-state index in [4.69, 9.17) is 5.14 Å². The molecule has 0 aliphatic carbocycles. The highest BCUT2D eigenvalue weighted by Gasteiger charge is 2.20. The predicted molar refractivity (Wildman–Crippen MR) is 64.8 cm³/mol. The average molecular weight is 242 g/mol. The molecule has 2 unspecified atom stereocenters. The first kappa shape index (κ1) is 13.2. The van der Waals surface area contributed by atoms with Crippen LogP contribution in [0.1, 0.15) is 25.3 Å². The molecule has 1 aromatic carbocycles. The smallest absolute Gasteiger partial charge is 0.238 e. The fourth-order valence-electron chi connectivity index (χ4n) is 1.64.